The van der Waals surface area contributed by atoms with E-state index in [0.717, 1.165) is 44.8 Å². The van der Waals surface area contributed by atoms with Crippen LogP contribution in [0.5, 0.6) is 0 Å². The lowest BCUT2D eigenvalue weighted by Crippen LogP contribution is -2.61. The summed E-state index contributed by atoms with van der Waals surface area (Å²) in [6.07, 6.45) is 12.8. The Bertz CT molecular complexity index is 3780. The minimum atomic E-state index is 0.154. The fourth-order valence-corrected chi connectivity index (χ4v) is 14.0. The minimum Gasteiger partial charge on any atom is -0.378 e. The molecule has 0 spiro atoms. The molecular formula is C76H74BClN6. The quantitative estimate of drug-likeness (QED) is 0.113. The summed E-state index contributed by atoms with van der Waals surface area (Å²) in [5, 5.41) is 0.725. The maximum atomic E-state index is 7.60. The third-order valence-corrected chi connectivity index (χ3v) is 18.3. The molecule has 2 aliphatic heterocycles. The highest BCUT2D eigenvalue weighted by Crippen LogP contribution is 2.51. The molecule has 0 saturated heterocycles. The normalized spacial score (nSPS) is 14.6. The monoisotopic (exact) mass is 1120 g/mol. The van der Waals surface area contributed by atoms with Crippen molar-refractivity contribution in [1.82, 2.24) is 0 Å². The summed E-state index contributed by atoms with van der Waals surface area (Å²) >= 11 is 7.60. The Labute approximate surface area is 503 Å². The molecule has 418 valence electrons. The molecule has 2 saturated carbocycles. The van der Waals surface area contributed by atoms with Gasteiger partial charge in [-0.3, -0.25) is 0 Å². The van der Waals surface area contributed by atoms with Crippen molar-refractivity contribution in [3.05, 3.63) is 259 Å². The van der Waals surface area contributed by atoms with E-state index < -0.39 is 0 Å². The number of fused-ring (bicyclic) bond motifs is 4. The van der Waals surface area contributed by atoms with Crippen LogP contribution in [0.25, 0.3) is 0 Å². The Morgan fingerprint density at radius 2 is 0.714 bits per heavy atom. The molecule has 0 amide bonds. The van der Waals surface area contributed by atoms with E-state index in [1.54, 1.807) is 0 Å². The zero-order valence-electron chi connectivity index (χ0n) is 49.0. The number of halogens is 1. The molecule has 0 aromatic heterocycles. The molecule has 0 N–H and O–H groups in total. The van der Waals surface area contributed by atoms with Gasteiger partial charge in [-0.25, -0.2) is 0 Å². The second-order valence-corrected chi connectivity index (χ2v) is 24.0. The van der Waals surface area contributed by atoms with Crippen LogP contribution in [0.3, 0.4) is 0 Å². The fourth-order valence-electron chi connectivity index (χ4n) is 13.7. The number of rotatable bonds is 12. The van der Waals surface area contributed by atoms with Gasteiger partial charge in [-0.2, -0.15) is 0 Å². The van der Waals surface area contributed by atoms with Gasteiger partial charge in [0, 0.05) is 96.4 Å². The van der Waals surface area contributed by atoms with Gasteiger partial charge >= 0.3 is 0 Å². The van der Waals surface area contributed by atoms with Crippen molar-refractivity contribution in [1.29, 1.82) is 0 Å². The van der Waals surface area contributed by atoms with E-state index in [2.05, 4.69) is 300 Å². The second-order valence-electron chi connectivity index (χ2n) is 23.6. The van der Waals surface area contributed by atoms with Crippen LogP contribution in [0.2, 0.25) is 5.02 Å². The molecule has 4 aliphatic rings. The first-order valence-corrected chi connectivity index (χ1v) is 30.8. The molecule has 0 radical (unpaired) electrons. The van der Waals surface area contributed by atoms with Gasteiger partial charge in [0.2, 0.25) is 0 Å². The smallest absolute Gasteiger partial charge is 0.252 e. The molecule has 0 atom stereocenters. The Hall–Kier alpha value is -8.65. The number of anilines is 14. The van der Waals surface area contributed by atoms with Crippen LogP contribution in [-0.4, -0.2) is 34.9 Å². The second kappa shape index (κ2) is 24.3. The Morgan fingerprint density at radius 3 is 1.17 bits per heavy atom. The van der Waals surface area contributed by atoms with Gasteiger partial charge in [-0.05, 0) is 198 Å². The van der Waals surface area contributed by atoms with Crippen molar-refractivity contribution in [2.45, 2.75) is 76.0 Å². The Kier molecular flexibility index (Phi) is 15.8. The lowest BCUT2D eigenvalue weighted by molar-refractivity contribution is 0.444. The summed E-state index contributed by atoms with van der Waals surface area (Å²) in [6.45, 7) is 0.154. The lowest BCUT2D eigenvalue weighted by atomic mass is 9.33. The third-order valence-electron chi connectivity index (χ3n) is 17.9. The standard InChI is InChI=1S/C38H36BN3.C38H38ClN3/c1-40(2)31-22-23-35-33(26-31)39-32-20-12-13-21-34(32)41(29-16-8-4-9-17-29)36-24-28(27-14-6-3-7-15-27)25-37(38(36)39)42(35)30-18-10-5-11-19-30;1-40(2)31-23-25-35(26-24-31)42(34-21-13-6-14-22-34)37-28-30(29-15-7-3-8-16-29)27-36(38(37)39)41(32-17-9-4-10-18-32)33-19-11-5-12-20-33/h4-5,8-13,16-27H,3,6-7,14-15H2,1-2H3;4-6,9-14,17-29H,3,7-8,15-16H2,1-2H3. The molecule has 8 heteroatoms. The van der Waals surface area contributed by atoms with E-state index in [1.165, 1.54) is 132 Å². The number of benzene rings is 10. The summed E-state index contributed by atoms with van der Waals surface area (Å²) in [4.78, 5) is 14.0. The highest BCUT2D eigenvalue weighted by Gasteiger charge is 2.44. The molecular weight excluding hydrogens is 1040 g/mol. The van der Waals surface area contributed by atoms with E-state index in [9.17, 15) is 0 Å². The number of para-hydroxylation sites is 6. The molecule has 10 aromatic carbocycles. The van der Waals surface area contributed by atoms with Gasteiger partial charge in [-0.1, -0.05) is 159 Å². The molecule has 2 heterocycles. The molecule has 0 bridgehead atoms. The zero-order valence-corrected chi connectivity index (χ0v) is 49.7. The van der Waals surface area contributed by atoms with Gasteiger partial charge < -0.3 is 29.4 Å². The van der Waals surface area contributed by atoms with Crippen LogP contribution in [0.4, 0.5) is 79.6 Å². The summed E-state index contributed by atoms with van der Waals surface area (Å²) in [7, 11) is 8.42. The van der Waals surface area contributed by atoms with Crippen molar-refractivity contribution in [3.63, 3.8) is 0 Å². The Morgan fingerprint density at radius 1 is 0.345 bits per heavy atom. The van der Waals surface area contributed by atoms with Crippen molar-refractivity contribution >= 4 is 114 Å². The maximum absolute atomic E-state index is 7.60. The molecule has 10 aromatic rings. The van der Waals surface area contributed by atoms with Crippen LogP contribution in [0.1, 0.15) is 87.2 Å². The van der Waals surface area contributed by atoms with Crippen molar-refractivity contribution in [2.75, 3.05) is 57.6 Å². The molecule has 2 aliphatic carbocycles. The lowest BCUT2D eigenvalue weighted by Gasteiger charge is -2.45. The van der Waals surface area contributed by atoms with Gasteiger partial charge in [-0.15, -0.1) is 0 Å². The average Bonchev–Trinajstić information content (AvgIpc) is 0.853. The van der Waals surface area contributed by atoms with E-state index in [1.807, 2.05) is 0 Å². The third kappa shape index (κ3) is 10.7. The van der Waals surface area contributed by atoms with Crippen LogP contribution < -0.4 is 45.8 Å². The molecule has 2 fully saturated rings. The van der Waals surface area contributed by atoms with Crippen LogP contribution >= 0.6 is 11.6 Å². The van der Waals surface area contributed by atoms with E-state index >= 15 is 0 Å². The summed E-state index contributed by atoms with van der Waals surface area (Å²) < 4.78 is 0. The summed E-state index contributed by atoms with van der Waals surface area (Å²) in [5.74, 6) is 1.11. The molecule has 6 nitrogen and oxygen atoms in total. The van der Waals surface area contributed by atoms with Crippen molar-refractivity contribution in [3.8, 4) is 0 Å². The van der Waals surface area contributed by atoms with Gasteiger partial charge in [0.05, 0.1) is 16.4 Å². The van der Waals surface area contributed by atoms with Crippen LogP contribution in [0, 0.1) is 0 Å². The topological polar surface area (TPSA) is 19.4 Å². The highest BCUT2D eigenvalue weighted by atomic mass is 35.5. The van der Waals surface area contributed by atoms with Crippen molar-refractivity contribution < 1.29 is 0 Å². The zero-order chi connectivity index (χ0) is 57.1. The van der Waals surface area contributed by atoms with Gasteiger partial charge in [0.1, 0.15) is 0 Å². The number of hydrogen-bond acceptors (Lipinski definition) is 6. The maximum Gasteiger partial charge on any atom is 0.252 e. The summed E-state index contributed by atoms with van der Waals surface area (Å²) in [6, 6.07) is 88.3. The predicted molar refractivity (Wildman–Crippen MR) is 362 cm³/mol. The van der Waals surface area contributed by atoms with E-state index in [0.29, 0.717) is 11.8 Å². The first-order valence-electron chi connectivity index (χ1n) is 30.4. The van der Waals surface area contributed by atoms with Gasteiger partial charge in [0.25, 0.3) is 6.71 Å². The number of nitrogens with zero attached hydrogens (tertiary/aromatic N) is 6. The Balaban J connectivity index is 0.000000157. The molecule has 14 rings (SSSR count). The SMILES string of the molecule is CN(C)c1ccc(N(c2ccccc2)c2cc(C3CCCCC3)cc(N(c3ccccc3)c3ccccc3)c2Cl)cc1.CN(C)c1ccc2c(c1)B1c3ccccc3N(c3ccccc3)c3cc(C4CCCCC4)cc(c31)N2c1ccccc1. The molecule has 84 heavy (non-hydrogen) atoms. The van der Waals surface area contributed by atoms with Crippen LogP contribution in [0.15, 0.2) is 243 Å². The first-order chi connectivity index (χ1) is 41.3. The van der Waals surface area contributed by atoms with E-state index in [-0.39, 0.29) is 6.71 Å². The predicted octanol–water partition coefficient (Wildman–Crippen LogP) is 19.3. The molecule has 0 unspecified atom stereocenters. The average molecular weight is 1120 g/mol. The van der Waals surface area contributed by atoms with E-state index in [4.69, 9.17) is 11.6 Å². The van der Waals surface area contributed by atoms with Crippen molar-refractivity contribution in [2.24, 2.45) is 0 Å². The first kappa shape index (κ1) is 54.6. The highest BCUT2D eigenvalue weighted by molar-refractivity contribution is 7.00. The van der Waals surface area contributed by atoms with Crippen LogP contribution in [-0.2, 0) is 0 Å². The minimum absolute atomic E-state index is 0.154. The van der Waals surface area contributed by atoms with Gasteiger partial charge in [0.15, 0.2) is 0 Å². The largest absolute Gasteiger partial charge is 0.378 e. The fraction of sp³-hybridized carbons (Fsp3) is 0.211. The number of hydrogen-bond donors (Lipinski definition) is 0. The summed E-state index contributed by atoms with van der Waals surface area (Å²) in [5.41, 5.74) is 23.3.